The summed E-state index contributed by atoms with van der Waals surface area (Å²) in [7, 11) is 1.48. The van der Waals surface area contributed by atoms with Crippen LogP contribution in [0.3, 0.4) is 0 Å². The Labute approximate surface area is 162 Å². The van der Waals surface area contributed by atoms with E-state index in [9.17, 15) is 14.5 Å². The molecule has 0 fully saturated rings. The first-order valence-electron chi connectivity index (χ1n) is 8.14. The molecule has 1 N–H and O–H groups in total. The van der Waals surface area contributed by atoms with Crippen molar-refractivity contribution >= 4 is 38.7 Å². The molecule has 2 heterocycles. The normalized spacial score (nSPS) is 10.8. The van der Waals surface area contributed by atoms with E-state index >= 15 is 0 Å². The zero-order valence-corrected chi connectivity index (χ0v) is 15.4. The van der Waals surface area contributed by atoms with Gasteiger partial charge in [-0.1, -0.05) is 12.1 Å². The van der Waals surface area contributed by atoms with Gasteiger partial charge in [-0.25, -0.2) is 14.4 Å². The van der Waals surface area contributed by atoms with Crippen molar-refractivity contribution in [3.63, 3.8) is 0 Å². The Bertz CT molecular complexity index is 1180. The van der Waals surface area contributed by atoms with Gasteiger partial charge in [-0.2, -0.15) is 0 Å². The SMILES string of the molecule is COc1ccc([N+](=O)[O-])cc1Nc1ncnc2scc(-c3ccc(F)cc3)c12. The van der Waals surface area contributed by atoms with Crippen molar-refractivity contribution in [1.82, 2.24) is 9.97 Å². The van der Waals surface area contributed by atoms with Crippen molar-refractivity contribution in [2.45, 2.75) is 0 Å². The highest BCUT2D eigenvalue weighted by molar-refractivity contribution is 7.17. The number of nitrogens with zero attached hydrogens (tertiary/aromatic N) is 3. The Kier molecular flexibility index (Phi) is 4.58. The molecule has 2 aromatic carbocycles. The zero-order chi connectivity index (χ0) is 19.7. The molecule has 0 saturated heterocycles. The van der Waals surface area contributed by atoms with Gasteiger partial charge in [0.15, 0.2) is 0 Å². The van der Waals surface area contributed by atoms with Crippen LogP contribution in [-0.4, -0.2) is 22.0 Å². The summed E-state index contributed by atoms with van der Waals surface area (Å²) in [5.41, 5.74) is 2.00. The zero-order valence-electron chi connectivity index (χ0n) is 14.5. The maximum atomic E-state index is 13.3. The third kappa shape index (κ3) is 3.23. The molecule has 0 aliphatic heterocycles. The van der Waals surface area contributed by atoms with Crippen LogP contribution in [-0.2, 0) is 0 Å². The average Bonchev–Trinajstić information content (AvgIpc) is 3.13. The van der Waals surface area contributed by atoms with Gasteiger partial charge in [0.05, 0.1) is 23.1 Å². The number of thiophene rings is 1. The van der Waals surface area contributed by atoms with E-state index in [1.165, 1.54) is 55.1 Å². The molecule has 0 spiro atoms. The van der Waals surface area contributed by atoms with Crippen LogP contribution in [0, 0.1) is 15.9 Å². The van der Waals surface area contributed by atoms with Crippen LogP contribution in [0.5, 0.6) is 5.75 Å². The Balaban J connectivity index is 1.84. The number of fused-ring (bicyclic) bond motifs is 1. The summed E-state index contributed by atoms with van der Waals surface area (Å²) in [6.07, 6.45) is 1.42. The minimum atomic E-state index is -0.477. The second-order valence-corrected chi connectivity index (χ2v) is 6.68. The number of anilines is 2. The minimum Gasteiger partial charge on any atom is -0.495 e. The van der Waals surface area contributed by atoms with E-state index in [0.717, 1.165) is 21.3 Å². The van der Waals surface area contributed by atoms with E-state index in [1.807, 2.05) is 5.38 Å². The summed E-state index contributed by atoms with van der Waals surface area (Å²) in [4.78, 5) is 20.0. The van der Waals surface area contributed by atoms with Crippen LogP contribution >= 0.6 is 11.3 Å². The van der Waals surface area contributed by atoms with Crippen LogP contribution in [0.25, 0.3) is 21.3 Å². The number of methoxy groups -OCH3 is 1. The number of nitro groups is 1. The second kappa shape index (κ2) is 7.20. The van der Waals surface area contributed by atoms with Gasteiger partial charge < -0.3 is 10.1 Å². The first-order chi connectivity index (χ1) is 13.6. The van der Waals surface area contributed by atoms with Crippen LogP contribution in [0.15, 0.2) is 54.2 Å². The largest absolute Gasteiger partial charge is 0.495 e. The van der Waals surface area contributed by atoms with Crippen molar-refractivity contribution in [3.05, 3.63) is 70.1 Å². The lowest BCUT2D eigenvalue weighted by atomic mass is 10.1. The second-order valence-electron chi connectivity index (χ2n) is 5.83. The molecule has 0 bridgehead atoms. The Morgan fingerprint density at radius 1 is 1.18 bits per heavy atom. The predicted octanol–water partition coefficient (Wildman–Crippen LogP) is 5.16. The van der Waals surface area contributed by atoms with Gasteiger partial charge in [0.1, 0.15) is 28.5 Å². The highest BCUT2D eigenvalue weighted by Gasteiger charge is 2.17. The van der Waals surface area contributed by atoms with Crippen molar-refractivity contribution in [2.24, 2.45) is 0 Å². The number of ether oxygens (including phenoxy) is 1. The molecule has 0 saturated carbocycles. The van der Waals surface area contributed by atoms with Crippen molar-refractivity contribution in [3.8, 4) is 16.9 Å². The smallest absolute Gasteiger partial charge is 0.271 e. The van der Waals surface area contributed by atoms with E-state index in [1.54, 1.807) is 12.1 Å². The highest BCUT2D eigenvalue weighted by Crippen LogP contribution is 2.39. The quantitative estimate of drug-likeness (QED) is 0.370. The molecular weight excluding hydrogens is 383 g/mol. The van der Waals surface area contributed by atoms with Crippen molar-refractivity contribution in [2.75, 3.05) is 12.4 Å². The number of non-ortho nitro benzene ring substituents is 1. The number of aromatic nitrogens is 2. The molecule has 0 radical (unpaired) electrons. The van der Waals surface area contributed by atoms with Crippen LogP contribution in [0.1, 0.15) is 0 Å². The fourth-order valence-electron chi connectivity index (χ4n) is 2.85. The third-order valence-corrected chi connectivity index (χ3v) is 5.06. The number of hydrogen-bond acceptors (Lipinski definition) is 7. The Hall–Kier alpha value is -3.59. The number of rotatable bonds is 5. The first-order valence-corrected chi connectivity index (χ1v) is 9.02. The van der Waals surface area contributed by atoms with E-state index in [0.29, 0.717) is 17.3 Å². The van der Waals surface area contributed by atoms with Crippen molar-refractivity contribution in [1.29, 1.82) is 0 Å². The Morgan fingerprint density at radius 3 is 2.68 bits per heavy atom. The van der Waals surface area contributed by atoms with E-state index in [2.05, 4.69) is 15.3 Å². The molecule has 0 aliphatic rings. The summed E-state index contributed by atoms with van der Waals surface area (Å²) < 4.78 is 18.6. The van der Waals surface area contributed by atoms with Gasteiger partial charge in [0.2, 0.25) is 0 Å². The molecule has 0 atom stereocenters. The molecule has 2 aromatic heterocycles. The third-order valence-electron chi connectivity index (χ3n) is 4.17. The summed E-state index contributed by atoms with van der Waals surface area (Å²) >= 11 is 1.43. The maximum Gasteiger partial charge on any atom is 0.271 e. The molecule has 0 unspecified atom stereocenters. The van der Waals surface area contributed by atoms with E-state index in [-0.39, 0.29) is 11.5 Å². The maximum absolute atomic E-state index is 13.3. The van der Waals surface area contributed by atoms with Gasteiger partial charge >= 0.3 is 0 Å². The summed E-state index contributed by atoms with van der Waals surface area (Å²) in [6, 6.07) is 10.4. The molecule has 4 aromatic rings. The molecule has 0 amide bonds. The molecule has 7 nitrogen and oxygen atoms in total. The number of halogens is 1. The number of hydrogen-bond donors (Lipinski definition) is 1. The standard InChI is InChI=1S/C19H13FN4O3S/c1-27-16-7-6-13(24(25)26)8-15(16)23-18-17-14(9-28-19(17)22-10-21-18)11-2-4-12(20)5-3-11/h2-10H,1H3,(H,21,22,23). The Morgan fingerprint density at radius 2 is 1.96 bits per heavy atom. The van der Waals surface area contributed by atoms with Gasteiger partial charge in [0, 0.05) is 23.1 Å². The topological polar surface area (TPSA) is 90.2 Å². The van der Waals surface area contributed by atoms with E-state index in [4.69, 9.17) is 4.74 Å². The molecular formula is C19H13FN4O3S. The number of nitro benzene ring substituents is 1. The van der Waals surface area contributed by atoms with Gasteiger partial charge in [-0.05, 0) is 23.8 Å². The molecule has 140 valence electrons. The fraction of sp³-hybridized carbons (Fsp3) is 0.0526. The van der Waals surface area contributed by atoms with Crippen LogP contribution < -0.4 is 10.1 Å². The van der Waals surface area contributed by atoms with Gasteiger partial charge in [-0.15, -0.1) is 11.3 Å². The van der Waals surface area contributed by atoms with E-state index < -0.39 is 4.92 Å². The summed E-state index contributed by atoms with van der Waals surface area (Å²) in [5.74, 6) is 0.597. The van der Waals surface area contributed by atoms with Crippen LogP contribution in [0.2, 0.25) is 0 Å². The lowest BCUT2D eigenvalue weighted by Crippen LogP contribution is -1.99. The monoisotopic (exact) mass is 396 g/mol. The van der Waals surface area contributed by atoms with Gasteiger partial charge in [-0.3, -0.25) is 10.1 Å². The van der Waals surface area contributed by atoms with Crippen molar-refractivity contribution < 1.29 is 14.1 Å². The summed E-state index contributed by atoms with van der Waals surface area (Å²) in [6.45, 7) is 0. The molecule has 9 heteroatoms. The average molecular weight is 396 g/mol. The lowest BCUT2D eigenvalue weighted by molar-refractivity contribution is -0.384. The predicted molar refractivity (Wildman–Crippen MR) is 106 cm³/mol. The summed E-state index contributed by atoms with van der Waals surface area (Å²) in [5, 5.41) is 16.9. The number of nitrogens with one attached hydrogen (secondary N) is 1. The highest BCUT2D eigenvalue weighted by atomic mass is 32.1. The fourth-order valence-corrected chi connectivity index (χ4v) is 3.76. The van der Waals surface area contributed by atoms with Gasteiger partial charge in [0.25, 0.3) is 5.69 Å². The molecule has 4 rings (SSSR count). The van der Waals surface area contributed by atoms with Crippen LogP contribution in [0.4, 0.5) is 21.6 Å². The lowest BCUT2D eigenvalue weighted by Gasteiger charge is -2.12. The molecule has 0 aliphatic carbocycles. The molecule has 28 heavy (non-hydrogen) atoms. The minimum absolute atomic E-state index is 0.0716. The number of benzene rings is 2. The first kappa shape index (κ1) is 17.8.